The van der Waals surface area contributed by atoms with Crippen LogP contribution in [0.1, 0.15) is 20.7 Å². The molecule has 0 amide bonds. The lowest BCUT2D eigenvalue weighted by atomic mass is 10.1. The third kappa shape index (κ3) is 4.31. The fraction of sp³-hybridized carbons (Fsp3) is 0.333. The number of hydrogen-bond acceptors (Lipinski definition) is 6. The van der Waals surface area contributed by atoms with E-state index in [1.165, 1.54) is 0 Å². The smallest absolute Gasteiger partial charge is 0.341 e. The van der Waals surface area contributed by atoms with Crippen LogP contribution in [0.25, 0.3) is 16.4 Å². The summed E-state index contributed by atoms with van der Waals surface area (Å²) in [6.07, 6.45) is 3.68. The predicted molar refractivity (Wildman–Crippen MR) is 112 cm³/mol. The van der Waals surface area contributed by atoms with E-state index < -0.39 is 0 Å². The van der Waals surface area contributed by atoms with Crippen molar-refractivity contribution in [2.75, 3.05) is 45.9 Å². The monoisotopic (exact) mass is 400 g/mol. The SMILES string of the molecule is CSCCOC(=O)c1ccc2c(C(=O)OCCN(C)C)c3ccccc3n2c1. The molecule has 2 aromatic heterocycles. The van der Waals surface area contributed by atoms with Gasteiger partial charge in [0, 0.05) is 23.9 Å². The molecule has 0 aliphatic carbocycles. The zero-order valence-corrected chi connectivity index (χ0v) is 17.1. The van der Waals surface area contributed by atoms with Crippen LogP contribution in [-0.4, -0.2) is 67.1 Å². The average Bonchev–Trinajstić information content (AvgIpc) is 3.01. The molecule has 0 bridgehead atoms. The van der Waals surface area contributed by atoms with Gasteiger partial charge in [0.15, 0.2) is 0 Å². The fourth-order valence-electron chi connectivity index (χ4n) is 2.97. The third-order valence-corrected chi connectivity index (χ3v) is 4.94. The summed E-state index contributed by atoms with van der Waals surface area (Å²) >= 11 is 1.62. The predicted octanol–water partition coefficient (Wildman–Crippen LogP) is 3.33. The Balaban J connectivity index is 1.97. The molecular formula is C21H24N2O4S. The number of hydrogen-bond donors (Lipinski definition) is 0. The van der Waals surface area contributed by atoms with Crippen molar-refractivity contribution in [2.24, 2.45) is 0 Å². The van der Waals surface area contributed by atoms with E-state index in [1.54, 1.807) is 30.1 Å². The highest BCUT2D eigenvalue weighted by Crippen LogP contribution is 2.28. The summed E-state index contributed by atoms with van der Waals surface area (Å²) in [7, 11) is 3.85. The van der Waals surface area contributed by atoms with Gasteiger partial charge in [-0.15, -0.1) is 0 Å². The zero-order valence-electron chi connectivity index (χ0n) is 16.3. The molecule has 0 aliphatic heterocycles. The molecule has 1 aromatic carbocycles. The maximum atomic E-state index is 12.8. The fourth-order valence-corrected chi connectivity index (χ4v) is 3.22. The zero-order chi connectivity index (χ0) is 20.1. The number of pyridine rings is 1. The van der Waals surface area contributed by atoms with Crippen molar-refractivity contribution in [1.29, 1.82) is 0 Å². The van der Waals surface area contributed by atoms with Crippen molar-refractivity contribution in [3.8, 4) is 0 Å². The molecule has 0 aliphatic rings. The summed E-state index contributed by atoms with van der Waals surface area (Å²) in [6, 6.07) is 11.1. The third-order valence-electron chi connectivity index (χ3n) is 4.37. The second kappa shape index (κ2) is 9.12. The number of thioether (sulfide) groups is 1. The van der Waals surface area contributed by atoms with Gasteiger partial charge < -0.3 is 18.8 Å². The van der Waals surface area contributed by atoms with E-state index in [4.69, 9.17) is 9.47 Å². The number of esters is 2. The van der Waals surface area contributed by atoms with E-state index in [2.05, 4.69) is 0 Å². The van der Waals surface area contributed by atoms with Gasteiger partial charge in [0.25, 0.3) is 0 Å². The highest BCUT2D eigenvalue weighted by atomic mass is 32.2. The van der Waals surface area contributed by atoms with Crippen LogP contribution < -0.4 is 0 Å². The van der Waals surface area contributed by atoms with Gasteiger partial charge in [0.05, 0.1) is 22.2 Å². The van der Waals surface area contributed by atoms with Crippen molar-refractivity contribution in [1.82, 2.24) is 9.30 Å². The second-order valence-electron chi connectivity index (χ2n) is 6.63. The van der Waals surface area contributed by atoms with Crippen molar-refractivity contribution in [3.63, 3.8) is 0 Å². The first-order valence-electron chi connectivity index (χ1n) is 9.03. The molecule has 0 spiro atoms. The first kappa shape index (κ1) is 20.2. The standard InChI is InChI=1S/C21H24N2O4S/c1-22(2)10-11-26-21(25)19-16-6-4-5-7-17(16)23-14-15(8-9-18(19)23)20(24)27-12-13-28-3/h4-9,14H,10-13H2,1-3H3. The van der Waals surface area contributed by atoms with E-state index in [1.807, 2.05) is 53.9 Å². The number of fused-ring (bicyclic) bond motifs is 3. The number of para-hydroxylation sites is 1. The molecule has 0 unspecified atom stereocenters. The number of aromatic nitrogens is 1. The highest BCUT2D eigenvalue weighted by Gasteiger charge is 2.20. The number of carbonyl (C=O) groups excluding carboxylic acids is 2. The Morgan fingerprint density at radius 3 is 2.50 bits per heavy atom. The van der Waals surface area contributed by atoms with Crippen LogP contribution in [0.15, 0.2) is 42.6 Å². The van der Waals surface area contributed by atoms with Crippen LogP contribution in [0.3, 0.4) is 0 Å². The Hall–Kier alpha value is -2.51. The van der Waals surface area contributed by atoms with Crippen LogP contribution in [-0.2, 0) is 9.47 Å². The Bertz CT molecular complexity index is 997. The minimum absolute atomic E-state index is 0.317. The Labute approximate surface area is 168 Å². The Morgan fingerprint density at radius 2 is 1.75 bits per heavy atom. The summed E-state index contributed by atoms with van der Waals surface area (Å²) in [6.45, 7) is 1.34. The molecule has 6 nitrogen and oxygen atoms in total. The molecule has 2 heterocycles. The van der Waals surface area contributed by atoms with Crippen LogP contribution in [0.2, 0.25) is 0 Å². The summed E-state index contributed by atoms with van der Waals surface area (Å²) in [5, 5.41) is 0.797. The van der Waals surface area contributed by atoms with Gasteiger partial charge in [-0.25, -0.2) is 9.59 Å². The van der Waals surface area contributed by atoms with E-state index in [0.717, 1.165) is 16.7 Å². The first-order valence-corrected chi connectivity index (χ1v) is 10.4. The lowest BCUT2D eigenvalue weighted by molar-refractivity contribution is 0.0485. The van der Waals surface area contributed by atoms with Gasteiger partial charge in [-0.05, 0) is 38.6 Å². The minimum Gasteiger partial charge on any atom is -0.461 e. The quantitative estimate of drug-likeness (QED) is 0.427. The van der Waals surface area contributed by atoms with Crippen LogP contribution in [0, 0.1) is 0 Å². The summed E-state index contributed by atoms with van der Waals surface area (Å²) in [5.41, 5.74) is 2.51. The number of likely N-dealkylation sites (N-methyl/N-ethyl adjacent to an activating group) is 1. The minimum atomic E-state index is -0.371. The summed E-state index contributed by atoms with van der Waals surface area (Å²) in [4.78, 5) is 27.0. The largest absolute Gasteiger partial charge is 0.461 e. The van der Waals surface area contributed by atoms with Crippen LogP contribution in [0.4, 0.5) is 0 Å². The molecule has 28 heavy (non-hydrogen) atoms. The first-order chi connectivity index (χ1) is 13.5. The number of rotatable bonds is 8. The summed E-state index contributed by atoms with van der Waals surface area (Å²) < 4.78 is 12.6. The molecule has 0 atom stereocenters. The molecule has 0 saturated heterocycles. The Morgan fingerprint density at radius 1 is 1.00 bits per heavy atom. The molecular weight excluding hydrogens is 376 g/mol. The summed E-state index contributed by atoms with van der Waals surface area (Å²) in [5.74, 6) is 0.0169. The molecule has 0 saturated carbocycles. The van der Waals surface area contributed by atoms with Gasteiger partial charge in [-0.2, -0.15) is 11.8 Å². The molecule has 0 fully saturated rings. The lowest BCUT2D eigenvalue weighted by Gasteiger charge is -2.10. The van der Waals surface area contributed by atoms with E-state index in [0.29, 0.717) is 36.4 Å². The van der Waals surface area contributed by atoms with Crippen LogP contribution >= 0.6 is 11.8 Å². The van der Waals surface area contributed by atoms with E-state index in [-0.39, 0.29) is 11.9 Å². The molecule has 148 valence electrons. The van der Waals surface area contributed by atoms with Gasteiger partial charge in [0.2, 0.25) is 0 Å². The molecule has 0 N–H and O–H groups in total. The normalized spacial score (nSPS) is 11.3. The highest BCUT2D eigenvalue weighted by molar-refractivity contribution is 7.98. The van der Waals surface area contributed by atoms with Gasteiger partial charge in [-0.3, -0.25) is 0 Å². The van der Waals surface area contributed by atoms with Crippen molar-refractivity contribution in [3.05, 3.63) is 53.7 Å². The molecule has 3 rings (SSSR count). The average molecular weight is 401 g/mol. The van der Waals surface area contributed by atoms with Crippen molar-refractivity contribution < 1.29 is 19.1 Å². The van der Waals surface area contributed by atoms with Crippen molar-refractivity contribution >= 4 is 40.1 Å². The van der Waals surface area contributed by atoms with Gasteiger partial charge in [0.1, 0.15) is 13.2 Å². The van der Waals surface area contributed by atoms with E-state index >= 15 is 0 Å². The Kier molecular flexibility index (Phi) is 6.59. The van der Waals surface area contributed by atoms with Crippen LogP contribution in [0.5, 0.6) is 0 Å². The molecule has 0 radical (unpaired) electrons. The maximum absolute atomic E-state index is 12.8. The lowest BCUT2D eigenvalue weighted by Crippen LogP contribution is -2.20. The number of nitrogens with zero attached hydrogens (tertiary/aromatic N) is 2. The van der Waals surface area contributed by atoms with Gasteiger partial charge >= 0.3 is 11.9 Å². The second-order valence-corrected chi connectivity index (χ2v) is 7.62. The maximum Gasteiger partial charge on any atom is 0.341 e. The number of benzene rings is 1. The molecule has 7 heteroatoms. The topological polar surface area (TPSA) is 60.3 Å². The number of ether oxygens (including phenoxy) is 2. The molecule has 3 aromatic rings. The number of carbonyl (C=O) groups is 2. The van der Waals surface area contributed by atoms with Crippen molar-refractivity contribution in [2.45, 2.75) is 0 Å². The van der Waals surface area contributed by atoms with E-state index in [9.17, 15) is 9.59 Å². The van der Waals surface area contributed by atoms with Gasteiger partial charge in [-0.1, -0.05) is 18.2 Å².